The van der Waals surface area contributed by atoms with Gasteiger partial charge in [0.05, 0.1) is 4.47 Å². The maximum atomic E-state index is 10.5. The average molecular weight is 302 g/mol. The van der Waals surface area contributed by atoms with Gasteiger partial charge in [-0.3, -0.25) is 4.79 Å². The smallest absolute Gasteiger partial charge is 0.303 e. The van der Waals surface area contributed by atoms with E-state index in [9.17, 15) is 9.90 Å². The lowest BCUT2D eigenvalue weighted by Crippen LogP contribution is -2.13. The van der Waals surface area contributed by atoms with Crippen LogP contribution in [0.2, 0.25) is 0 Å². The van der Waals surface area contributed by atoms with Gasteiger partial charge >= 0.3 is 5.97 Å². The van der Waals surface area contributed by atoms with Gasteiger partial charge in [0.15, 0.2) is 0 Å². The highest BCUT2D eigenvalue weighted by Crippen LogP contribution is 2.36. The summed E-state index contributed by atoms with van der Waals surface area (Å²) in [5, 5.41) is 18.6. The van der Waals surface area contributed by atoms with Crippen molar-refractivity contribution in [1.82, 2.24) is 0 Å². The standard InChI is InChI=1S/C12H16BrNO3/c1-6-5-8(9(14)3-4-10(15)16)12(17)11(13)7(6)2/h5,9,17H,3-4,14H2,1-2H3,(H,15,16)/t9-/m1/s1. The molecule has 17 heavy (non-hydrogen) atoms. The number of carbonyl (C=O) groups is 1. The maximum Gasteiger partial charge on any atom is 0.303 e. The van der Waals surface area contributed by atoms with Crippen molar-refractivity contribution >= 4 is 21.9 Å². The molecular formula is C12H16BrNO3. The van der Waals surface area contributed by atoms with Crippen molar-refractivity contribution in [2.75, 3.05) is 0 Å². The number of aryl methyl sites for hydroxylation is 1. The second-order valence-corrected chi connectivity index (χ2v) is 4.90. The quantitative estimate of drug-likeness (QED) is 0.798. The first kappa shape index (κ1) is 14.0. The largest absolute Gasteiger partial charge is 0.506 e. The molecule has 1 aromatic rings. The van der Waals surface area contributed by atoms with Crippen LogP contribution in [0.3, 0.4) is 0 Å². The fraction of sp³-hybridized carbons (Fsp3) is 0.417. The Morgan fingerprint density at radius 3 is 2.65 bits per heavy atom. The van der Waals surface area contributed by atoms with Gasteiger partial charge in [-0.05, 0) is 47.3 Å². The van der Waals surface area contributed by atoms with Crippen LogP contribution in [0.5, 0.6) is 5.75 Å². The summed E-state index contributed by atoms with van der Waals surface area (Å²) in [5.41, 5.74) is 8.44. The summed E-state index contributed by atoms with van der Waals surface area (Å²) in [5.74, 6) is -0.783. The minimum Gasteiger partial charge on any atom is -0.506 e. The average Bonchev–Trinajstić information content (AvgIpc) is 2.28. The predicted octanol–water partition coefficient (Wildman–Crippen LogP) is 2.64. The highest BCUT2D eigenvalue weighted by Gasteiger charge is 2.17. The van der Waals surface area contributed by atoms with Crippen molar-refractivity contribution in [3.8, 4) is 5.75 Å². The number of benzene rings is 1. The van der Waals surface area contributed by atoms with Gasteiger partial charge in [0, 0.05) is 18.0 Å². The Balaban J connectivity index is 3.02. The zero-order chi connectivity index (χ0) is 13.2. The molecule has 0 saturated carbocycles. The first-order valence-corrected chi connectivity index (χ1v) is 6.09. The van der Waals surface area contributed by atoms with E-state index in [1.54, 1.807) is 0 Å². The summed E-state index contributed by atoms with van der Waals surface area (Å²) in [7, 11) is 0. The molecule has 0 saturated heterocycles. The van der Waals surface area contributed by atoms with Gasteiger partial charge in [0.1, 0.15) is 5.75 Å². The van der Waals surface area contributed by atoms with Crippen LogP contribution in [0, 0.1) is 13.8 Å². The Hall–Kier alpha value is -1.07. The minimum atomic E-state index is -0.886. The van der Waals surface area contributed by atoms with Crippen LogP contribution >= 0.6 is 15.9 Å². The Morgan fingerprint density at radius 1 is 1.53 bits per heavy atom. The number of phenolic OH excluding ortho intramolecular Hbond substituents is 1. The predicted molar refractivity (Wildman–Crippen MR) is 69.1 cm³/mol. The van der Waals surface area contributed by atoms with E-state index in [-0.39, 0.29) is 12.2 Å². The summed E-state index contributed by atoms with van der Waals surface area (Å²) in [6.45, 7) is 3.82. The lowest BCUT2D eigenvalue weighted by atomic mass is 9.97. The van der Waals surface area contributed by atoms with Crippen molar-refractivity contribution in [3.63, 3.8) is 0 Å². The van der Waals surface area contributed by atoms with E-state index >= 15 is 0 Å². The van der Waals surface area contributed by atoms with Crippen molar-refractivity contribution in [1.29, 1.82) is 0 Å². The molecular weight excluding hydrogens is 286 g/mol. The molecule has 0 amide bonds. The zero-order valence-corrected chi connectivity index (χ0v) is 11.4. The van der Waals surface area contributed by atoms with Gasteiger partial charge in [-0.25, -0.2) is 0 Å². The summed E-state index contributed by atoms with van der Waals surface area (Å²) in [4.78, 5) is 10.5. The number of halogens is 1. The molecule has 1 aromatic carbocycles. The van der Waals surface area contributed by atoms with E-state index in [4.69, 9.17) is 10.8 Å². The van der Waals surface area contributed by atoms with Crippen LogP contribution in [-0.4, -0.2) is 16.2 Å². The van der Waals surface area contributed by atoms with Crippen LogP contribution in [0.25, 0.3) is 0 Å². The van der Waals surface area contributed by atoms with Crippen molar-refractivity contribution in [2.45, 2.75) is 32.7 Å². The van der Waals surface area contributed by atoms with E-state index in [0.29, 0.717) is 16.5 Å². The molecule has 0 heterocycles. The van der Waals surface area contributed by atoms with E-state index in [1.165, 1.54) is 0 Å². The fourth-order valence-electron chi connectivity index (χ4n) is 1.60. The first-order chi connectivity index (χ1) is 7.84. The summed E-state index contributed by atoms with van der Waals surface area (Å²) < 4.78 is 0.623. The van der Waals surface area contributed by atoms with Gasteiger partial charge < -0.3 is 15.9 Å². The van der Waals surface area contributed by atoms with Gasteiger partial charge in [0.25, 0.3) is 0 Å². The highest BCUT2D eigenvalue weighted by molar-refractivity contribution is 9.10. The third-order valence-electron chi connectivity index (χ3n) is 2.84. The molecule has 5 heteroatoms. The molecule has 0 aliphatic heterocycles. The van der Waals surface area contributed by atoms with Crippen LogP contribution in [0.4, 0.5) is 0 Å². The Kier molecular flexibility index (Phi) is 4.54. The maximum absolute atomic E-state index is 10.5. The molecule has 0 unspecified atom stereocenters. The number of carboxylic acid groups (broad SMARTS) is 1. The van der Waals surface area contributed by atoms with Gasteiger partial charge in [-0.1, -0.05) is 6.07 Å². The molecule has 1 atom stereocenters. The first-order valence-electron chi connectivity index (χ1n) is 5.30. The Morgan fingerprint density at radius 2 is 2.12 bits per heavy atom. The summed E-state index contributed by atoms with van der Waals surface area (Å²) >= 11 is 3.31. The third-order valence-corrected chi connectivity index (χ3v) is 3.81. The monoisotopic (exact) mass is 301 g/mol. The molecule has 0 bridgehead atoms. The summed E-state index contributed by atoms with van der Waals surface area (Å²) in [6, 6.07) is 1.34. The number of aliphatic carboxylic acids is 1. The molecule has 4 nitrogen and oxygen atoms in total. The topological polar surface area (TPSA) is 83.6 Å². The van der Waals surface area contributed by atoms with Gasteiger partial charge in [0.2, 0.25) is 0 Å². The molecule has 4 N–H and O–H groups in total. The Bertz CT molecular complexity index is 446. The van der Waals surface area contributed by atoms with E-state index < -0.39 is 12.0 Å². The lowest BCUT2D eigenvalue weighted by Gasteiger charge is -2.16. The van der Waals surface area contributed by atoms with E-state index in [2.05, 4.69) is 15.9 Å². The highest BCUT2D eigenvalue weighted by atomic mass is 79.9. The van der Waals surface area contributed by atoms with E-state index in [1.807, 2.05) is 19.9 Å². The fourth-order valence-corrected chi connectivity index (χ4v) is 2.15. The number of hydrogen-bond donors (Lipinski definition) is 3. The second kappa shape index (κ2) is 5.51. The van der Waals surface area contributed by atoms with Crippen LogP contribution in [0.1, 0.15) is 35.6 Å². The van der Waals surface area contributed by atoms with E-state index in [0.717, 1.165) is 11.1 Å². The molecule has 1 rings (SSSR count). The number of rotatable bonds is 4. The normalized spacial score (nSPS) is 12.5. The third kappa shape index (κ3) is 3.20. The Labute approximate surface area is 109 Å². The van der Waals surface area contributed by atoms with Gasteiger partial charge in [-0.15, -0.1) is 0 Å². The number of hydrogen-bond acceptors (Lipinski definition) is 3. The molecule has 94 valence electrons. The molecule has 0 aliphatic rings. The lowest BCUT2D eigenvalue weighted by molar-refractivity contribution is -0.137. The van der Waals surface area contributed by atoms with Crippen molar-refractivity contribution in [2.24, 2.45) is 5.73 Å². The van der Waals surface area contributed by atoms with Crippen molar-refractivity contribution < 1.29 is 15.0 Å². The number of nitrogens with two attached hydrogens (primary N) is 1. The molecule has 0 aromatic heterocycles. The van der Waals surface area contributed by atoms with Crippen LogP contribution in [-0.2, 0) is 4.79 Å². The minimum absolute atomic E-state index is 0.00878. The molecule has 0 fully saturated rings. The molecule has 0 aliphatic carbocycles. The molecule has 0 spiro atoms. The van der Waals surface area contributed by atoms with Crippen molar-refractivity contribution in [3.05, 3.63) is 27.2 Å². The van der Waals surface area contributed by atoms with Gasteiger partial charge in [-0.2, -0.15) is 0 Å². The summed E-state index contributed by atoms with van der Waals surface area (Å²) in [6.07, 6.45) is 0.295. The van der Waals surface area contributed by atoms with Crippen LogP contribution < -0.4 is 5.73 Å². The number of aromatic hydroxyl groups is 1. The SMILES string of the molecule is Cc1cc([C@H](N)CCC(=O)O)c(O)c(Br)c1C. The molecule has 0 radical (unpaired) electrons. The second-order valence-electron chi connectivity index (χ2n) is 4.11. The number of carboxylic acids is 1. The zero-order valence-electron chi connectivity index (χ0n) is 9.83. The van der Waals surface area contributed by atoms with Crippen LogP contribution in [0.15, 0.2) is 10.5 Å². The number of phenols is 1.